The van der Waals surface area contributed by atoms with E-state index >= 15 is 0 Å². The fourth-order valence-corrected chi connectivity index (χ4v) is 5.56. The van der Waals surface area contributed by atoms with Gasteiger partial charge in [0.15, 0.2) is 0 Å². The number of benzene rings is 1. The third-order valence-electron chi connectivity index (χ3n) is 4.02. The highest BCUT2D eigenvalue weighted by Crippen LogP contribution is 2.53. The number of carbonyl (C=O) groups is 2. The number of nitrogens with one attached hydrogen (secondary N) is 1. The van der Waals surface area contributed by atoms with Crippen LogP contribution in [0.15, 0.2) is 34.1 Å². The van der Waals surface area contributed by atoms with Crippen LogP contribution in [-0.2, 0) is 14.3 Å². The molecule has 1 N–H and O–H groups in total. The lowest BCUT2D eigenvalue weighted by Crippen LogP contribution is -2.44. The lowest BCUT2D eigenvalue weighted by molar-refractivity contribution is -0.149. The van der Waals surface area contributed by atoms with E-state index in [2.05, 4.69) is 4.98 Å². The van der Waals surface area contributed by atoms with E-state index in [-0.39, 0.29) is 10.8 Å². The van der Waals surface area contributed by atoms with E-state index in [1.807, 2.05) is 12.1 Å². The molecule has 1 aromatic carbocycles. The standard InChI is InChI=1S/C15H11NO5S2/c1-20-14(18)11-9-8(10-12(22-11)16-15(19)23-10)6-4-2-3-5-7(6)21-13(9)17/h2-5,8-9,11H,1H3,(H,16,19)/t8-,9+,11-/m0/s1. The molecule has 3 heterocycles. The van der Waals surface area contributed by atoms with Crippen LogP contribution in [-0.4, -0.2) is 29.3 Å². The molecule has 0 amide bonds. The van der Waals surface area contributed by atoms with Crippen LogP contribution in [0.4, 0.5) is 0 Å². The number of fused-ring (bicyclic) bond motifs is 5. The summed E-state index contributed by atoms with van der Waals surface area (Å²) in [5.74, 6) is -1.58. The van der Waals surface area contributed by atoms with Crippen molar-refractivity contribution < 1.29 is 19.1 Å². The first-order chi connectivity index (χ1) is 11.1. The molecule has 2 aliphatic heterocycles. The molecule has 8 heteroatoms. The largest absolute Gasteiger partial charge is 0.468 e. The number of esters is 2. The summed E-state index contributed by atoms with van der Waals surface area (Å²) in [6, 6.07) is 7.20. The van der Waals surface area contributed by atoms with Crippen LogP contribution in [0.5, 0.6) is 5.75 Å². The molecule has 0 saturated carbocycles. The minimum Gasteiger partial charge on any atom is -0.468 e. The minimum atomic E-state index is -0.747. The maximum atomic E-state index is 12.5. The van der Waals surface area contributed by atoms with Gasteiger partial charge in [0.1, 0.15) is 11.0 Å². The molecule has 6 nitrogen and oxygen atoms in total. The maximum absolute atomic E-state index is 12.5. The van der Waals surface area contributed by atoms with Crippen LogP contribution in [0.2, 0.25) is 0 Å². The number of carbonyl (C=O) groups excluding carboxylic acids is 2. The van der Waals surface area contributed by atoms with Crippen molar-refractivity contribution in [3.63, 3.8) is 0 Å². The summed E-state index contributed by atoms with van der Waals surface area (Å²) in [6.45, 7) is 0. The van der Waals surface area contributed by atoms with Gasteiger partial charge in [0.2, 0.25) is 0 Å². The topological polar surface area (TPSA) is 85.5 Å². The Morgan fingerprint density at radius 1 is 1.30 bits per heavy atom. The normalized spacial score (nSPS) is 24.9. The van der Waals surface area contributed by atoms with E-state index in [0.717, 1.165) is 33.5 Å². The first kappa shape index (κ1) is 14.5. The number of rotatable bonds is 1. The van der Waals surface area contributed by atoms with Gasteiger partial charge in [-0.25, -0.2) is 0 Å². The molecular weight excluding hydrogens is 338 g/mol. The Kier molecular flexibility index (Phi) is 3.31. The molecule has 23 heavy (non-hydrogen) atoms. The van der Waals surface area contributed by atoms with E-state index in [1.54, 1.807) is 12.1 Å². The van der Waals surface area contributed by atoms with Crippen LogP contribution in [0.3, 0.4) is 0 Å². The summed E-state index contributed by atoms with van der Waals surface area (Å²) < 4.78 is 10.2. The van der Waals surface area contributed by atoms with Gasteiger partial charge in [0.25, 0.3) is 0 Å². The van der Waals surface area contributed by atoms with Gasteiger partial charge in [0.05, 0.1) is 18.1 Å². The predicted molar refractivity (Wildman–Crippen MR) is 84.0 cm³/mol. The molecule has 2 aromatic rings. The van der Waals surface area contributed by atoms with Crippen molar-refractivity contribution in [2.24, 2.45) is 5.92 Å². The molecule has 0 radical (unpaired) electrons. The van der Waals surface area contributed by atoms with Crippen LogP contribution < -0.4 is 9.61 Å². The second-order valence-electron chi connectivity index (χ2n) is 5.23. The zero-order valence-corrected chi connectivity index (χ0v) is 13.5. The second-order valence-corrected chi connectivity index (χ2v) is 7.40. The van der Waals surface area contributed by atoms with Crippen molar-refractivity contribution in [1.29, 1.82) is 0 Å². The number of hydrogen-bond donors (Lipinski definition) is 1. The first-order valence-electron chi connectivity index (χ1n) is 6.88. The zero-order valence-electron chi connectivity index (χ0n) is 11.9. The van der Waals surface area contributed by atoms with Crippen molar-refractivity contribution >= 4 is 35.0 Å². The molecule has 0 saturated heterocycles. The molecule has 0 spiro atoms. The van der Waals surface area contributed by atoms with E-state index in [0.29, 0.717) is 10.8 Å². The minimum absolute atomic E-state index is 0.205. The Balaban J connectivity index is 1.95. The predicted octanol–water partition coefficient (Wildman–Crippen LogP) is 1.75. The zero-order chi connectivity index (χ0) is 16.1. The van der Waals surface area contributed by atoms with Crippen LogP contribution in [0.25, 0.3) is 0 Å². The summed E-state index contributed by atoms with van der Waals surface area (Å²) in [5, 5.41) is -0.121. The summed E-state index contributed by atoms with van der Waals surface area (Å²) in [7, 11) is 1.28. The van der Waals surface area contributed by atoms with Crippen LogP contribution in [0.1, 0.15) is 16.4 Å². The van der Waals surface area contributed by atoms with Gasteiger partial charge in [-0.2, -0.15) is 0 Å². The van der Waals surface area contributed by atoms with Crippen molar-refractivity contribution in [3.05, 3.63) is 44.4 Å². The summed E-state index contributed by atoms with van der Waals surface area (Å²) in [6.07, 6.45) is 0. The number of aromatic nitrogens is 1. The Labute approximate surface area is 138 Å². The summed E-state index contributed by atoms with van der Waals surface area (Å²) >= 11 is 2.23. The molecule has 1 aromatic heterocycles. The van der Waals surface area contributed by atoms with Crippen molar-refractivity contribution in [3.8, 4) is 5.75 Å². The number of ether oxygens (including phenoxy) is 2. The monoisotopic (exact) mass is 349 g/mol. The summed E-state index contributed by atoms with van der Waals surface area (Å²) in [5.41, 5.74) is 0.808. The highest BCUT2D eigenvalue weighted by Gasteiger charge is 2.51. The second kappa shape index (κ2) is 5.24. The molecule has 3 atom stereocenters. The van der Waals surface area contributed by atoms with Gasteiger partial charge in [-0.1, -0.05) is 41.3 Å². The molecule has 0 unspecified atom stereocenters. The van der Waals surface area contributed by atoms with Gasteiger partial charge in [0, 0.05) is 16.4 Å². The fraction of sp³-hybridized carbons (Fsp3) is 0.267. The first-order valence-corrected chi connectivity index (χ1v) is 8.58. The average Bonchev–Trinajstić information content (AvgIpc) is 2.93. The quantitative estimate of drug-likeness (QED) is 0.624. The number of aromatic amines is 1. The number of methoxy groups -OCH3 is 1. The lowest BCUT2D eigenvalue weighted by Gasteiger charge is -2.37. The number of para-hydroxylation sites is 1. The molecule has 4 rings (SSSR count). The average molecular weight is 349 g/mol. The van der Waals surface area contributed by atoms with Gasteiger partial charge >= 0.3 is 16.8 Å². The van der Waals surface area contributed by atoms with Crippen LogP contribution in [0, 0.1) is 5.92 Å². The van der Waals surface area contributed by atoms with E-state index in [4.69, 9.17) is 9.47 Å². The van der Waals surface area contributed by atoms with Gasteiger partial charge < -0.3 is 14.5 Å². The van der Waals surface area contributed by atoms with E-state index in [1.165, 1.54) is 7.11 Å². The highest BCUT2D eigenvalue weighted by atomic mass is 32.2. The molecule has 118 valence electrons. The number of thiazole rings is 1. The maximum Gasteiger partial charge on any atom is 0.320 e. The SMILES string of the molecule is COC(=O)[C@H]1Sc2[nH]c(=O)sc2[C@H]2c3ccccc3OC(=O)[C@H]21. The molecule has 0 aliphatic carbocycles. The van der Waals surface area contributed by atoms with Crippen molar-refractivity contribution in [2.45, 2.75) is 16.2 Å². The van der Waals surface area contributed by atoms with Gasteiger partial charge in [-0.3, -0.25) is 14.4 Å². The number of hydrogen-bond acceptors (Lipinski definition) is 7. The Hall–Kier alpha value is -2.06. The van der Waals surface area contributed by atoms with Crippen molar-refractivity contribution in [1.82, 2.24) is 4.98 Å². The van der Waals surface area contributed by atoms with Gasteiger partial charge in [-0.15, -0.1) is 0 Å². The highest BCUT2D eigenvalue weighted by molar-refractivity contribution is 8.00. The fourth-order valence-electron chi connectivity index (χ4n) is 3.07. The molecule has 0 bridgehead atoms. The number of H-pyrrole nitrogens is 1. The Morgan fingerprint density at radius 3 is 2.87 bits per heavy atom. The third kappa shape index (κ3) is 2.13. The van der Waals surface area contributed by atoms with Gasteiger partial charge in [-0.05, 0) is 6.07 Å². The van der Waals surface area contributed by atoms with Crippen molar-refractivity contribution in [2.75, 3.05) is 7.11 Å². The van der Waals surface area contributed by atoms with E-state index < -0.39 is 23.1 Å². The van der Waals surface area contributed by atoms with Crippen LogP contribution >= 0.6 is 23.1 Å². The Morgan fingerprint density at radius 2 is 2.09 bits per heavy atom. The molecule has 0 fully saturated rings. The van der Waals surface area contributed by atoms with E-state index in [9.17, 15) is 14.4 Å². The Bertz CT molecular complexity index is 871. The molecular formula is C15H11NO5S2. The molecule has 2 aliphatic rings. The summed E-state index contributed by atoms with van der Waals surface area (Å²) in [4.78, 5) is 39.8. The lowest BCUT2D eigenvalue weighted by atomic mass is 9.80. The smallest absolute Gasteiger partial charge is 0.320 e. The number of thioether (sulfide) groups is 1. The third-order valence-corrected chi connectivity index (χ3v) is 6.42.